The van der Waals surface area contributed by atoms with Gasteiger partial charge in [-0.3, -0.25) is 9.59 Å². The van der Waals surface area contributed by atoms with Crippen LogP contribution in [0.15, 0.2) is 28.9 Å². The standard InChI is InChI=1S/C22H29NO5/c1-4-5-6-7-8-9-10-11-16(23-26)15-14-17(24)20-18(27-2)12-13-19(28-3)21(20)22(15)25/h12-14,26H,4-11H2,1-3H3/b23-16-. The molecule has 1 aliphatic carbocycles. The molecule has 1 aliphatic rings. The van der Waals surface area contributed by atoms with E-state index in [0.717, 1.165) is 19.3 Å². The largest absolute Gasteiger partial charge is 0.496 e. The number of ketones is 2. The molecule has 0 bridgehead atoms. The zero-order chi connectivity index (χ0) is 20.5. The van der Waals surface area contributed by atoms with E-state index in [1.165, 1.54) is 46.0 Å². The van der Waals surface area contributed by atoms with Gasteiger partial charge in [0, 0.05) is 0 Å². The molecule has 1 N–H and O–H groups in total. The molecule has 2 rings (SSSR count). The van der Waals surface area contributed by atoms with Crippen LogP contribution in [0.1, 0.15) is 79.0 Å². The van der Waals surface area contributed by atoms with Gasteiger partial charge in [0.1, 0.15) is 11.5 Å². The van der Waals surface area contributed by atoms with Crippen molar-refractivity contribution in [1.82, 2.24) is 0 Å². The predicted molar refractivity (Wildman–Crippen MR) is 108 cm³/mol. The number of carbonyl (C=O) groups is 2. The smallest absolute Gasteiger partial charge is 0.199 e. The summed E-state index contributed by atoms with van der Waals surface area (Å²) in [5.74, 6) is -0.130. The summed E-state index contributed by atoms with van der Waals surface area (Å²) in [6.45, 7) is 2.18. The van der Waals surface area contributed by atoms with Gasteiger partial charge in [-0.1, -0.05) is 50.6 Å². The minimum Gasteiger partial charge on any atom is -0.496 e. The van der Waals surface area contributed by atoms with Gasteiger partial charge in [-0.25, -0.2) is 0 Å². The number of fused-ring (bicyclic) bond motifs is 1. The summed E-state index contributed by atoms with van der Waals surface area (Å²) in [5, 5.41) is 12.8. The van der Waals surface area contributed by atoms with Crippen LogP contribution in [0, 0.1) is 0 Å². The van der Waals surface area contributed by atoms with Crippen molar-refractivity contribution >= 4 is 17.3 Å². The van der Waals surface area contributed by atoms with Crippen molar-refractivity contribution in [3.63, 3.8) is 0 Å². The molecule has 1 aromatic carbocycles. The van der Waals surface area contributed by atoms with E-state index < -0.39 is 0 Å². The average Bonchev–Trinajstić information content (AvgIpc) is 2.72. The zero-order valence-electron chi connectivity index (χ0n) is 16.9. The SMILES string of the molecule is CCCCCCCCC/C(=N/O)C1=CC(=O)c2c(OC)ccc(OC)c2C1=O. The van der Waals surface area contributed by atoms with Crippen molar-refractivity contribution in [2.24, 2.45) is 5.16 Å². The molecular weight excluding hydrogens is 358 g/mol. The van der Waals surface area contributed by atoms with E-state index in [0.29, 0.717) is 17.9 Å². The van der Waals surface area contributed by atoms with Crippen LogP contribution in [0.3, 0.4) is 0 Å². The van der Waals surface area contributed by atoms with Crippen molar-refractivity contribution in [2.45, 2.75) is 58.3 Å². The summed E-state index contributed by atoms with van der Waals surface area (Å²) in [5.41, 5.74) is 0.703. The second kappa shape index (κ2) is 10.6. The number of allylic oxidation sites excluding steroid dienone is 2. The number of hydrogen-bond donors (Lipinski definition) is 1. The summed E-state index contributed by atoms with van der Waals surface area (Å²) in [4.78, 5) is 25.8. The molecule has 0 fully saturated rings. The fourth-order valence-corrected chi connectivity index (χ4v) is 3.48. The maximum atomic E-state index is 13.1. The van der Waals surface area contributed by atoms with Crippen molar-refractivity contribution in [3.8, 4) is 11.5 Å². The quantitative estimate of drug-likeness (QED) is 0.250. The fourth-order valence-electron chi connectivity index (χ4n) is 3.48. The highest BCUT2D eigenvalue weighted by Crippen LogP contribution is 2.36. The van der Waals surface area contributed by atoms with E-state index in [4.69, 9.17) is 9.47 Å². The Morgan fingerprint density at radius 2 is 1.50 bits per heavy atom. The Morgan fingerprint density at radius 1 is 0.929 bits per heavy atom. The summed E-state index contributed by atoms with van der Waals surface area (Å²) < 4.78 is 10.5. The molecule has 0 aliphatic heterocycles. The molecular formula is C22H29NO5. The fraction of sp³-hybridized carbons (Fsp3) is 0.500. The average molecular weight is 387 g/mol. The number of oxime groups is 1. The van der Waals surface area contributed by atoms with E-state index in [9.17, 15) is 14.8 Å². The highest BCUT2D eigenvalue weighted by atomic mass is 16.5. The number of Topliss-reactive ketones (excluding diaryl/α,β-unsaturated/α-hetero) is 1. The van der Waals surface area contributed by atoms with Crippen LogP contribution in [-0.4, -0.2) is 36.7 Å². The topological polar surface area (TPSA) is 85.2 Å². The number of methoxy groups -OCH3 is 2. The predicted octanol–water partition coefficient (Wildman–Crippen LogP) is 4.98. The van der Waals surface area contributed by atoms with Crippen LogP contribution in [-0.2, 0) is 0 Å². The lowest BCUT2D eigenvalue weighted by Gasteiger charge is -2.20. The van der Waals surface area contributed by atoms with Gasteiger partial charge in [-0.05, 0) is 31.1 Å². The molecule has 152 valence electrons. The Balaban J connectivity index is 2.15. The Morgan fingerprint density at radius 3 is 2.07 bits per heavy atom. The molecule has 0 spiro atoms. The van der Waals surface area contributed by atoms with Gasteiger partial charge < -0.3 is 14.7 Å². The number of carbonyl (C=O) groups excluding carboxylic acids is 2. The molecule has 0 saturated heterocycles. The first-order valence-corrected chi connectivity index (χ1v) is 9.86. The number of benzene rings is 1. The van der Waals surface area contributed by atoms with Crippen LogP contribution in [0.4, 0.5) is 0 Å². The van der Waals surface area contributed by atoms with Gasteiger partial charge in [0.05, 0.1) is 36.6 Å². The normalized spacial score (nSPS) is 14.0. The third-order valence-electron chi connectivity index (χ3n) is 5.01. The van der Waals surface area contributed by atoms with Crippen molar-refractivity contribution in [2.75, 3.05) is 14.2 Å². The number of ether oxygens (including phenoxy) is 2. The molecule has 0 heterocycles. The number of hydrogen-bond acceptors (Lipinski definition) is 6. The van der Waals surface area contributed by atoms with Crippen molar-refractivity contribution < 1.29 is 24.3 Å². The maximum absolute atomic E-state index is 13.1. The van der Waals surface area contributed by atoms with Crippen molar-refractivity contribution in [3.05, 3.63) is 34.9 Å². The van der Waals surface area contributed by atoms with Gasteiger partial charge in [0.25, 0.3) is 0 Å². The highest BCUT2D eigenvalue weighted by molar-refractivity contribution is 6.37. The Hall–Kier alpha value is -2.63. The number of nitrogens with zero attached hydrogens (tertiary/aromatic N) is 1. The molecule has 0 amide bonds. The molecule has 0 aromatic heterocycles. The molecule has 28 heavy (non-hydrogen) atoms. The molecule has 1 aromatic rings. The lowest BCUT2D eigenvalue weighted by molar-refractivity contribution is 0.0983. The second-order valence-corrected chi connectivity index (χ2v) is 6.89. The first-order valence-electron chi connectivity index (χ1n) is 9.86. The summed E-state index contributed by atoms with van der Waals surface area (Å²) in [6.07, 6.45) is 9.45. The summed E-state index contributed by atoms with van der Waals surface area (Å²) in [6, 6.07) is 3.19. The first kappa shape index (κ1) is 21.7. The molecule has 0 saturated carbocycles. The van der Waals surface area contributed by atoms with Crippen LogP contribution >= 0.6 is 0 Å². The molecule has 6 heteroatoms. The highest BCUT2D eigenvalue weighted by Gasteiger charge is 2.33. The van der Waals surface area contributed by atoms with Crippen LogP contribution in [0.5, 0.6) is 11.5 Å². The van der Waals surface area contributed by atoms with Gasteiger partial charge >= 0.3 is 0 Å². The Kier molecular flexibility index (Phi) is 8.23. The summed E-state index contributed by atoms with van der Waals surface area (Å²) in [7, 11) is 2.89. The first-order chi connectivity index (χ1) is 13.6. The lowest BCUT2D eigenvalue weighted by atomic mass is 9.85. The van der Waals surface area contributed by atoms with E-state index in [2.05, 4.69) is 12.1 Å². The minimum atomic E-state index is -0.388. The monoisotopic (exact) mass is 387 g/mol. The van der Waals surface area contributed by atoms with Gasteiger partial charge in [-0.2, -0.15) is 0 Å². The van der Waals surface area contributed by atoms with Gasteiger partial charge in [-0.15, -0.1) is 0 Å². The Labute approximate surface area is 166 Å². The maximum Gasteiger partial charge on any atom is 0.199 e. The van der Waals surface area contributed by atoms with E-state index in [-0.39, 0.29) is 34.0 Å². The molecule has 0 unspecified atom stereocenters. The molecule has 0 atom stereocenters. The zero-order valence-corrected chi connectivity index (χ0v) is 16.9. The second-order valence-electron chi connectivity index (χ2n) is 6.89. The van der Waals surface area contributed by atoms with E-state index >= 15 is 0 Å². The third-order valence-corrected chi connectivity index (χ3v) is 5.01. The van der Waals surface area contributed by atoms with E-state index in [1.54, 1.807) is 12.1 Å². The summed E-state index contributed by atoms with van der Waals surface area (Å²) >= 11 is 0. The van der Waals surface area contributed by atoms with Crippen LogP contribution in [0.25, 0.3) is 0 Å². The Bertz CT molecular complexity index is 779. The van der Waals surface area contributed by atoms with Gasteiger partial charge in [0.2, 0.25) is 0 Å². The van der Waals surface area contributed by atoms with Crippen LogP contribution in [0.2, 0.25) is 0 Å². The van der Waals surface area contributed by atoms with Crippen LogP contribution < -0.4 is 9.47 Å². The van der Waals surface area contributed by atoms with E-state index in [1.807, 2.05) is 0 Å². The molecule has 0 radical (unpaired) electrons. The lowest BCUT2D eigenvalue weighted by Crippen LogP contribution is -2.23. The van der Waals surface area contributed by atoms with Gasteiger partial charge in [0.15, 0.2) is 11.6 Å². The third kappa shape index (κ3) is 4.80. The number of rotatable bonds is 11. The van der Waals surface area contributed by atoms with Crippen molar-refractivity contribution in [1.29, 1.82) is 0 Å². The minimum absolute atomic E-state index is 0.123. The molecule has 6 nitrogen and oxygen atoms in total. The number of unbranched alkanes of at least 4 members (excludes halogenated alkanes) is 6.